The van der Waals surface area contributed by atoms with Gasteiger partial charge in [-0.25, -0.2) is 0 Å². The molecule has 2 aromatic rings. The molecule has 26 heavy (non-hydrogen) atoms. The number of hydrogen-bond acceptors (Lipinski definition) is 1. The summed E-state index contributed by atoms with van der Waals surface area (Å²) in [6.45, 7) is 4.55. The van der Waals surface area contributed by atoms with Crippen molar-refractivity contribution in [3.8, 4) is 0 Å². The number of rotatable bonds is 4. The van der Waals surface area contributed by atoms with Crippen LogP contribution >= 0.6 is 0 Å². The zero-order valence-electron chi connectivity index (χ0n) is 16.4. The van der Waals surface area contributed by atoms with Gasteiger partial charge < -0.3 is 9.88 Å². The molecular weight excluding hydrogens is 320 g/mol. The lowest BCUT2D eigenvalue weighted by Crippen LogP contribution is -2.43. The van der Waals surface area contributed by atoms with Crippen LogP contribution in [0.3, 0.4) is 0 Å². The highest BCUT2D eigenvalue weighted by Gasteiger charge is 2.34. The first-order valence-corrected chi connectivity index (χ1v) is 10.3. The van der Waals surface area contributed by atoms with Crippen molar-refractivity contribution in [3.63, 3.8) is 0 Å². The molecule has 1 amide bonds. The van der Waals surface area contributed by atoms with E-state index in [-0.39, 0.29) is 5.91 Å². The summed E-state index contributed by atoms with van der Waals surface area (Å²) in [7, 11) is 2.09. The van der Waals surface area contributed by atoms with Crippen molar-refractivity contribution in [2.75, 3.05) is 0 Å². The van der Waals surface area contributed by atoms with Crippen LogP contribution in [-0.2, 0) is 18.3 Å². The third kappa shape index (κ3) is 3.54. The standard InChI is InChI=1S/C23H32N2O/c1-15-9-17-11-18(10-15)13-20(12-17)24-22(26)8-7-19-14-25(3)21-6-4-5-16(2)23(19)21/h4-6,14-15,17-18,20H,7-13H2,1-3H3,(H,24,26). The summed E-state index contributed by atoms with van der Waals surface area (Å²) in [6, 6.07) is 6.84. The third-order valence-corrected chi connectivity index (χ3v) is 6.66. The lowest BCUT2D eigenvalue weighted by Gasteiger charge is -2.41. The van der Waals surface area contributed by atoms with E-state index in [1.807, 2.05) is 0 Å². The van der Waals surface area contributed by atoms with Crippen LogP contribution in [0.25, 0.3) is 10.9 Å². The molecule has 0 radical (unpaired) electrons. The number of amides is 1. The van der Waals surface area contributed by atoms with E-state index in [2.05, 4.69) is 55.2 Å². The van der Waals surface area contributed by atoms with E-state index >= 15 is 0 Å². The molecule has 3 heteroatoms. The van der Waals surface area contributed by atoms with Crippen LogP contribution in [0.4, 0.5) is 0 Å². The fraction of sp³-hybridized carbons (Fsp3) is 0.609. The molecule has 1 heterocycles. The molecule has 2 aliphatic rings. The molecule has 2 aliphatic carbocycles. The second-order valence-corrected chi connectivity index (χ2v) is 9.01. The Bertz CT molecular complexity index is 788. The molecule has 1 aromatic carbocycles. The largest absolute Gasteiger partial charge is 0.353 e. The number of carbonyl (C=O) groups excluding carboxylic acids is 1. The van der Waals surface area contributed by atoms with Gasteiger partial charge >= 0.3 is 0 Å². The highest BCUT2D eigenvalue weighted by molar-refractivity contribution is 5.87. The van der Waals surface area contributed by atoms with E-state index in [1.165, 1.54) is 54.1 Å². The van der Waals surface area contributed by atoms with Crippen LogP contribution < -0.4 is 5.32 Å². The molecular formula is C23H32N2O. The van der Waals surface area contributed by atoms with Crippen LogP contribution in [-0.4, -0.2) is 16.5 Å². The van der Waals surface area contributed by atoms with Crippen molar-refractivity contribution in [3.05, 3.63) is 35.5 Å². The van der Waals surface area contributed by atoms with Gasteiger partial charge in [0.25, 0.3) is 0 Å². The number of carbonyl (C=O) groups is 1. The lowest BCUT2D eigenvalue weighted by molar-refractivity contribution is -0.122. The summed E-state index contributed by atoms with van der Waals surface area (Å²) in [5.41, 5.74) is 3.85. The Kier molecular flexibility index (Phi) is 4.81. The number of benzene rings is 1. The average molecular weight is 353 g/mol. The van der Waals surface area contributed by atoms with Crippen LogP contribution in [0.1, 0.15) is 56.6 Å². The van der Waals surface area contributed by atoms with Gasteiger partial charge in [-0.15, -0.1) is 0 Å². The van der Waals surface area contributed by atoms with Crippen LogP contribution in [0.2, 0.25) is 0 Å². The minimum Gasteiger partial charge on any atom is -0.353 e. The molecule has 2 unspecified atom stereocenters. The first-order valence-electron chi connectivity index (χ1n) is 10.3. The van der Waals surface area contributed by atoms with Crippen molar-refractivity contribution >= 4 is 16.8 Å². The zero-order valence-corrected chi connectivity index (χ0v) is 16.4. The summed E-state index contributed by atoms with van der Waals surface area (Å²) in [5, 5.41) is 4.68. The molecule has 2 bridgehead atoms. The highest BCUT2D eigenvalue weighted by atomic mass is 16.1. The Morgan fingerprint density at radius 1 is 1.15 bits per heavy atom. The van der Waals surface area contributed by atoms with E-state index in [1.54, 1.807) is 0 Å². The molecule has 0 spiro atoms. The molecule has 2 fully saturated rings. The van der Waals surface area contributed by atoms with Crippen molar-refractivity contribution < 1.29 is 4.79 Å². The minimum atomic E-state index is 0.230. The molecule has 3 nitrogen and oxygen atoms in total. The number of fused-ring (bicyclic) bond motifs is 3. The maximum Gasteiger partial charge on any atom is 0.220 e. The van der Waals surface area contributed by atoms with Gasteiger partial charge in [0.05, 0.1) is 0 Å². The van der Waals surface area contributed by atoms with Crippen molar-refractivity contribution in [1.29, 1.82) is 0 Å². The average Bonchev–Trinajstić information content (AvgIpc) is 2.89. The molecule has 1 aromatic heterocycles. The number of nitrogens with zero attached hydrogens (tertiary/aromatic N) is 1. The third-order valence-electron chi connectivity index (χ3n) is 6.66. The second-order valence-electron chi connectivity index (χ2n) is 9.01. The Balaban J connectivity index is 1.36. The fourth-order valence-electron chi connectivity index (χ4n) is 5.77. The monoisotopic (exact) mass is 352 g/mol. The number of aryl methyl sites for hydroxylation is 3. The fourth-order valence-corrected chi connectivity index (χ4v) is 5.77. The predicted octanol–water partition coefficient (Wildman–Crippen LogP) is 4.75. The molecule has 2 saturated carbocycles. The summed E-state index contributed by atoms with van der Waals surface area (Å²) in [4.78, 5) is 12.6. The molecule has 4 rings (SSSR count). The van der Waals surface area contributed by atoms with Gasteiger partial charge in [0.1, 0.15) is 0 Å². The summed E-state index contributed by atoms with van der Waals surface area (Å²) < 4.78 is 2.18. The molecule has 140 valence electrons. The minimum absolute atomic E-state index is 0.230. The van der Waals surface area contributed by atoms with Gasteiger partial charge in [-0.1, -0.05) is 19.1 Å². The van der Waals surface area contributed by atoms with Gasteiger partial charge in [-0.2, -0.15) is 0 Å². The molecule has 2 atom stereocenters. The van der Waals surface area contributed by atoms with Crippen LogP contribution in [0, 0.1) is 24.7 Å². The van der Waals surface area contributed by atoms with Gasteiger partial charge in [-0.05, 0) is 80.4 Å². The van der Waals surface area contributed by atoms with E-state index in [0.717, 1.165) is 24.2 Å². The lowest BCUT2D eigenvalue weighted by atomic mass is 9.67. The summed E-state index contributed by atoms with van der Waals surface area (Å²) >= 11 is 0. The number of hydrogen-bond donors (Lipinski definition) is 1. The quantitative estimate of drug-likeness (QED) is 0.846. The van der Waals surface area contributed by atoms with E-state index < -0.39 is 0 Å². The van der Waals surface area contributed by atoms with Crippen molar-refractivity contribution in [2.24, 2.45) is 24.8 Å². The van der Waals surface area contributed by atoms with Crippen molar-refractivity contribution in [1.82, 2.24) is 9.88 Å². The van der Waals surface area contributed by atoms with Gasteiger partial charge in [0, 0.05) is 36.6 Å². The van der Waals surface area contributed by atoms with E-state index in [4.69, 9.17) is 0 Å². The molecule has 0 aliphatic heterocycles. The second kappa shape index (κ2) is 7.09. The van der Waals surface area contributed by atoms with Crippen molar-refractivity contribution in [2.45, 2.75) is 64.8 Å². The normalized spacial score (nSPS) is 28.3. The van der Waals surface area contributed by atoms with E-state index in [0.29, 0.717) is 12.5 Å². The van der Waals surface area contributed by atoms with E-state index in [9.17, 15) is 4.79 Å². The van der Waals surface area contributed by atoms with Gasteiger partial charge in [0.2, 0.25) is 5.91 Å². The summed E-state index contributed by atoms with van der Waals surface area (Å²) in [6.07, 6.45) is 10.1. The van der Waals surface area contributed by atoms with Crippen LogP contribution in [0.15, 0.2) is 24.4 Å². The number of nitrogens with one attached hydrogen (secondary N) is 1. The van der Waals surface area contributed by atoms with Gasteiger partial charge in [0.15, 0.2) is 0 Å². The first-order chi connectivity index (χ1) is 12.5. The SMILES string of the molecule is Cc1cccc2c1c(CCC(=O)NC1CC3CC(C)CC(C3)C1)cn2C. The highest BCUT2D eigenvalue weighted by Crippen LogP contribution is 2.42. The number of aromatic nitrogens is 1. The Hall–Kier alpha value is -1.77. The Morgan fingerprint density at radius 2 is 1.88 bits per heavy atom. The summed E-state index contributed by atoms with van der Waals surface area (Å²) in [5.74, 6) is 2.78. The topological polar surface area (TPSA) is 34.0 Å². The van der Waals surface area contributed by atoms with Crippen LogP contribution in [0.5, 0.6) is 0 Å². The first kappa shape index (κ1) is 17.6. The molecule has 0 saturated heterocycles. The Labute approximate surface area is 157 Å². The molecule has 1 N–H and O–H groups in total. The Morgan fingerprint density at radius 3 is 2.62 bits per heavy atom. The maximum absolute atomic E-state index is 12.6. The zero-order chi connectivity index (χ0) is 18.3. The van der Waals surface area contributed by atoms with Gasteiger partial charge in [-0.3, -0.25) is 4.79 Å². The maximum atomic E-state index is 12.6. The smallest absolute Gasteiger partial charge is 0.220 e. The predicted molar refractivity (Wildman–Crippen MR) is 107 cm³/mol.